The average Bonchev–Trinajstić information content (AvgIpc) is 2.28. The van der Waals surface area contributed by atoms with Crippen molar-refractivity contribution in [1.29, 1.82) is 0 Å². The third-order valence-electron chi connectivity index (χ3n) is 2.77. The van der Waals surface area contributed by atoms with E-state index in [4.69, 9.17) is 9.47 Å². The van der Waals surface area contributed by atoms with E-state index in [1.165, 1.54) is 0 Å². The smallest absolute Gasteiger partial charge is 0.175 e. The molecule has 1 aromatic carbocycles. The number of carbonyl (C=O) groups is 1. The lowest BCUT2D eigenvalue weighted by Gasteiger charge is -2.24. The molecule has 0 atom stereocenters. The molecule has 2 rings (SSSR count). The first-order valence-electron chi connectivity index (χ1n) is 5.65. The topological polar surface area (TPSA) is 35.5 Å². The van der Waals surface area contributed by atoms with Gasteiger partial charge in [0.05, 0.1) is 4.47 Å². The highest BCUT2D eigenvalue weighted by Gasteiger charge is 2.24. The highest BCUT2D eigenvalue weighted by Crippen LogP contribution is 2.44. The van der Waals surface area contributed by atoms with Crippen molar-refractivity contribution < 1.29 is 14.3 Å². The summed E-state index contributed by atoms with van der Waals surface area (Å²) in [5.74, 6) is 1.66. The van der Waals surface area contributed by atoms with E-state index in [1.807, 2.05) is 0 Å². The van der Waals surface area contributed by atoms with Crippen molar-refractivity contribution in [3.8, 4) is 11.5 Å². The second-order valence-corrected chi connectivity index (χ2v) is 5.18. The largest absolute Gasteiger partial charge is 0.486 e. The number of carbonyl (C=O) groups excluding carboxylic acids is 1. The van der Waals surface area contributed by atoms with Gasteiger partial charge in [-0.2, -0.15) is 0 Å². The Morgan fingerprint density at radius 2 is 2.00 bits per heavy atom. The second-order valence-electron chi connectivity index (χ2n) is 4.39. The Balaban J connectivity index is 2.67. The van der Waals surface area contributed by atoms with Gasteiger partial charge >= 0.3 is 0 Å². The molecule has 0 amide bonds. The van der Waals surface area contributed by atoms with Gasteiger partial charge in [0.25, 0.3) is 0 Å². The fraction of sp³-hybridized carbons (Fsp3) is 0.462. The van der Waals surface area contributed by atoms with Gasteiger partial charge in [-0.15, -0.1) is 0 Å². The van der Waals surface area contributed by atoms with Crippen LogP contribution >= 0.6 is 15.9 Å². The lowest BCUT2D eigenvalue weighted by molar-refractivity contribution is 0.101. The van der Waals surface area contributed by atoms with Crippen molar-refractivity contribution in [2.45, 2.75) is 26.7 Å². The molecular formula is C13H15BrO3. The highest BCUT2D eigenvalue weighted by molar-refractivity contribution is 9.10. The summed E-state index contributed by atoms with van der Waals surface area (Å²) in [6.07, 6.45) is 0. The summed E-state index contributed by atoms with van der Waals surface area (Å²) < 4.78 is 12.0. The first-order chi connectivity index (χ1) is 8.02. The summed E-state index contributed by atoms with van der Waals surface area (Å²) >= 11 is 3.53. The summed E-state index contributed by atoms with van der Waals surface area (Å²) in [6, 6.07) is 1.79. The van der Waals surface area contributed by atoms with E-state index >= 15 is 0 Å². The summed E-state index contributed by atoms with van der Waals surface area (Å²) in [4.78, 5) is 11.7. The lowest BCUT2D eigenvalue weighted by atomic mass is 9.94. The molecule has 0 N–H and O–H groups in total. The lowest BCUT2D eigenvalue weighted by Crippen LogP contribution is -2.17. The van der Waals surface area contributed by atoms with Crippen LogP contribution in [0.5, 0.6) is 11.5 Å². The van der Waals surface area contributed by atoms with Crippen LogP contribution in [0, 0.1) is 0 Å². The van der Waals surface area contributed by atoms with Gasteiger partial charge in [-0.25, -0.2) is 0 Å². The second kappa shape index (κ2) is 4.69. The predicted molar refractivity (Wildman–Crippen MR) is 69.2 cm³/mol. The van der Waals surface area contributed by atoms with Crippen molar-refractivity contribution in [2.24, 2.45) is 0 Å². The maximum atomic E-state index is 11.7. The Kier molecular flexibility index (Phi) is 3.43. The monoisotopic (exact) mass is 298 g/mol. The Morgan fingerprint density at radius 3 is 2.59 bits per heavy atom. The van der Waals surface area contributed by atoms with E-state index in [0.717, 1.165) is 10.0 Å². The van der Waals surface area contributed by atoms with Crippen molar-refractivity contribution in [3.05, 3.63) is 21.7 Å². The normalized spacial score (nSPS) is 13.9. The summed E-state index contributed by atoms with van der Waals surface area (Å²) in [6.45, 7) is 6.76. The molecule has 0 saturated carbocycles. The zero-order valence-electron chi connectivity index (χ0n) is 10.2. The summed E-state index contributed by atoms with van der Waals surface area (Å²) in [5, 5.41) is 0. The van der Waals surface area contributed by atoms with Gasteiger partial charge in [-0.3, -0.25) is 4.79 Å². The van der Waals surface area contributed by atoms with Crippen LogP contribution in [0.3, 0.4) is 0 Å². The third-order valence-corrected chi connectivity index (χ3v) is 3.56. The van der Waals surface area contributed by atoms with E-state index in [-0.39, 0.29) is 11.7 Å². The predicted octanol–water partition coefficient (Wildman–Crippen LogP) is 3.55. The Hall–Kier alpha value is -1.03. The van der Waals surface area contributed by atoms with Crippen molar-refractivity contribution in [3.63, 3.8) is 0 Å². The number of hydrogen-bond donors (Lipinski definition) is 0. The molecule has 0 aliphatic carbocycles. The van der Waals surface area contributed by atoms with Crippen molar-refractivity contribution in [2.75, 3.05) is 13.2 Å². The Bertz CT molecular complexity index is 466. The molecule has 0 aromatic heterocycles. The maximum absolute atomic E-state index is 11.7. The van der Waals surface area contributed by atoms with Gasteiger partial charge in [0.1, 0.15) is 13.2 Å². The number of rotatable bonds is 2. The number of ether oxygens (including phenoxy) is 2. The fourth-order valence-electron chi connectivity index (χ4n) is 2.02. The number of halogens is 1. The Morgan fingerprint density at radius 1 is 1.35 bits per heavy atom. The number of hydrogen-bond acceptors (Lipinski definition) is 3. The van der Waals surface area contributed by atoms with Gasteiger partial charge in [-0.05, 0) is 40.4 Å². The molecule has 0 unspecified atom stereocenters. The van der Waals surface area contributed by atoms with Crippen molar-refractivity contribution >= 4 is 21.7 Å². The molecule has 0 fully saturated rings. The van der Waals surface area contributed by atoms with Crippen LogP contribution in [0.4, 0.5) is 0 Å². The van der Waals surface area contributed by atoms with E-state index in [0.29, 0.717) is 30.3 Å². The Labute approximate surface area is 109 Å². The van der Waals surface area contributed by atoms with Gasteiger partial charge in [0.2, 0.25) is 0 Å². The van der Waals surface area contributed by atoms with Gasteiger partial charge in [-0.1, -0.05) is 13.8 Å². The summed E-state index contributed by atoms with van der Waals surface area (Å²) in [7, 11) is 0. The minimum absolute atomic E-state index is 0.0476. The molecule has 1 aliphatic rings. The summed E-state index contributed by atoms with van der Waals surface area (Å²) in [5.41, 5.74) is 1.69. The molecule has 3 nitrogen and oxygen atoms in total. The van der Waals surface area contributed by atoms with Crippen LogP contribution in [0.2, 0.25) is 0 Å². The molecular weight excluding hydrogens is 284 g/mol. The first-order valence-corrected chi connectivity index (χ1v) is 6.44. The number of ketones is 1. The van der Waals surface area contributed by atoms with Gasteiger partial charge in [0, 0.05) is 5.56 Å². The molecule has 1 aliphatic heterocycles. The van der Waals surface area contributed by atoms with Gasteiger partial charge in [0.15, 0.2) is 17.3 Å². The zero-order chi connectivity index (χ0) is 12.6. The maximum Gasteiger partial charge on any atom is 0.175 e. The molecule has 0 radical (unpaired) electrons. The van der Waals surface area contributed by atoms with Crippen LogP contribution in [-0.2, 0) is 0 Å². The molecule has 1 aromatic rings. The van der Waals surface area contributed by atoms with Crippen LogP contribution in [0.15, 0.2) is 10.5 Å². The van der Waals surface area contributed by atoms with Crippen LogP contribution in [0.25, 0.3) is 0 Å². The van der Waals surface area contributed by atoms with E-state index in [9.17, 15) is 4.79 Å². The number of benzene rings is 1. The SMILES string of the molecule is CC(=O)c1cc2c(c(Br)c1C(C)C)OCCO2. The molecule has 0 saturated heterocycles. The third kappa shape index (κ3) is 2.18. The van der Waals surface area contributed by atoms with Crippen molar-refractivity contribution in [1.82, 2.24) is 0 Å². The fourth-order valence-corrected chi connectivity index (χ4v) is 3.00. The molecule has 92 valence electrons. The minimum Gasteiger partial charge on any atom is -0.486 e. The molecule has 1 heterocycles. The number of fused-ring (bicyclic) bond motifs is 1. The zero-order valence-corrected chi connectivity index (χ0v) is 11.8. The molecule has 0 spiro atoms. The number of Topliss-reactive ketones (excluding diaryl/α,β-unsaturated/α-hetero) is 1. The van der Waals surface area contributed by atoms with Crippen LogP contribution in [0.1, 0.15) is 42.6 Å². The standard InChI is InChI=1S/C13H15BrO3/c1-7(2)11-9(8(3)15)6-10-13(12(11)14)17-5-4-16-10/h6-7H,4-5H2,1-3H3. The van der Waals surface area contributed by atoms with Crippen LogP contribution in [-0.4, -0.2) is 19.0 Å². The highest BCUT2D eigenvalue weighted by atomic mass is 79.9. The van der Waals surface area contributed by atoms with Gasteiger partial charge < -0.3 is 9.47 Å². The van der Waals surface area contributed by atoms with E-state index in [1.54, 1.807) is 13.0 Å². The average molecular weight is 299 g/mol. The first kappa shape index (κ1) is 12.4. The molecule has 17 heavy (non-hydrogen) atoms. The van der Waals surface area contributed by atoms with E-state index < -0.39 is 0 Å². The minimum atomic E-state index is 0.0476. The molecule has 0 bridgehead atoms. The quantitative estimate of drug-likeness (QED) is 0.783. The molecule has 4 heteroatoms. The van der Waals surface area contributed by atoms with E-state index in [2.05, 4.69) is 29.8 Å². The van der Waals surface area contributed by atoms with Crippen LogP contribution < -0.4 is 9.47 Å².